The topological polar surface area (TPSA) is 15.3 Å². The van der Waals surface area contributed by atoms with Crippen LogP contribution in [0.4, 0.5) is 34.1 Å². The monoisotopic (exact) mass is 746 g/mol. The van der Waals surface area contributed by atoms with Gasteiger partial charge in [-0.3, -0.25) is 0 Å². The van der Waals surface area contributed by atoms with Gasteiger partial charge in [0.15, 0.2) is 0 Å². The van der Waals surface area contributed by atoms with Crippen molar-refractivity contribution in [3.05, 3.63) is 188 Å². The average Bonchev–Trinajstić information content (AvgIpc) is 4.02. The lowest BCUT2D eigenvalue weighted by molar-refractivity contribution is 1.26. The minimum atomic E-state index is -0.0376. The summed E-state index contributed by atoms with van der Waals surface area (Å²) in [7, 11) is 0. The summed E-state index contributed by atoms with van der Waals surface area (Å²) in [6, 6.07) is 70.3. The number of rotatable bonds is 2. The number of hydrogen-bond donors (Lipinski definition) is 0. The van der Waals surface area contributed by atoms with E-state index in [0.717, 1.165) is 11.4 Å². The van der Waals surface area contributed by atoms with Gasteiger partial charge in [0, 0.05) is 77.2 Å². The molecule has 2 aliphatic heterocycles. The number of para-hydroxylation sites is 6. The van der Waals surface area contributed by atoms with Gasteiger partial charge in [-0.05, 0) is 83.1 Å². The van der Waals surface area contributed by atoms with Crippen LogP contribution in [-0.2, 0) is 0 Å². The second-order valence-electron chi connectivity index (χ2n) is 16.4. The van der Waals surface area contributed by atoms with Gasteiger partial charge < -0.3 is 18.6 Å². The Morgan fingerprint density at radius 1 is 0.305 bits per heavy atom. The molecule has 9 aromatic carbocycles. The molecule has 0 saturated heterocycles. The van der Waals surface area contributed by atoms with Crippen molar-refractivity contribution in [3.63, 3.8) is 0 Å². The first-order chi connectivity index (χ1) is 29.3. The first kappa shape index (κ1) is 30.4. The molecule has 0 amide bonds. The molecule has 13 aromatic rings. The van der Waals surface area contributed by atoms with Crippen molar-refractivity contribution in [2.45, 2.75) is 0 Å². The maximum Gasteiger partial charge on any atom is 0.253 e. The smallest absolute Gasteiger partial charge is 0.253 e. The van der Waals surface area contributed by atoms with Gasteiger partial charge in [-0.25, -0.2) is 0 Å². The van der Waals surface area contributed by atoms with Crippen LogP contribution in [0.3, 0.4) is 0 Å². The Morgan fingerprint density at radius 2 is 0.814 bits per heavy atom. The third kappa shape index (κ3) is 3.56. The third-order valence-corrected chi connectivity index (χ3v) is 13.7. The van der Waals surface area contributed by atoms with E-state index in [1.807, 2.05) is 0 Å². The van der Waals surface area contributed by atoms with E-state index >= 15 is 0 Å². The minimum absolute atomic E-state index is 0.0376. The Balaban J connectivity index is 1.17. The summed E-state index contributed by atoms with van der Waals surface area (Å²) in [5.41, 5.74) is 18.8. The molecule has 0 atom stereocenters. The Morgan fingerprint density at radius 3 is 1.49 bits per heavy atom. The van der Waals surface area contributed by atoms with Crippen LogP contribution in [0.15, 0.2) is 188 Å². The summed E-state index contributed by atoms with van der Waals surface area (Å²) in [4.78, 5) is 5.08. The van der Waals surface area contributed by atoms with Gasteiger partial charge >= 0.3 is 0 Å². The Kier molecular flexibility index (Phi) is 5.46. The molecule has 2 aliphatic rings. The van der Waals surface area contributed by atoms with Crippen molar-refractivity contribution in [2.24, 2.45) is 0 Å². The zero-order valence-electron chi connectivity index (χ0n) is 31.8. The van der Waals surface area contributed by atoms with Gasteiger partial charge in [0.2, 0.25) is 0 Å². The molecule has 6 heterocycles. The molecule has 0 spiro atoms. The number of aromatic nitrogens is 2. The average molecular weight is 747 g/mol. The lowest BCUT2D eigenvalue weighted by Gasteiger charge is -2.44. The lowest BCUT2D eigenvalue weighted by Crippen LogP contribution is -2.61. The Bertz CT molecular complexity index is 3920. The van der Waals surface area contributed by atoms with Crippen molar-refractivity contribution < 1.29 is 0 Å². The highest BCUT2D eigenvalue weighted by Crippen LogP contribution is 2.49. The molecule has 0 fully saturated rings. The maximum atomic E-state index is 2.57. The van der Waals surface area contributed by atoms with Crippen LogP contribution in [-0.4, -0.2) is 15.5 Å². The number of anilines is 6. The van der Waals surface area contributed by atoms with E-state index < -0.39 is 0 Å². The van der Waals surface area contributed by atoms with Crippen LogP contribution in [0.5, 0.6) is 0 Å². The highest BCUT2D eigenvalue weighted by molar-refractivity contribution is 7.02. The quantitative estimate of drug-likeness (QED) is 0.164. The highest BCUT2D eigenvalue weighted by Gasteiger charge is 2.45. The molecule has 0 aliphatic carbocycles. The molecule has 59 heavy (non-hydrogen) atoms. The van der Waals surface area contributed by atoms with E-state index in [4.69, 9.17) is 0 Å². The lowest BCUT2D eigenvalue weighted by atomic mass is 9.33. The molecule has 270 valence electrons. The molecule has 0 radical (unpaired) electrons. The Labute approximate surface area is 338 Å². The van der Waals surface area contributed by atoms with Crippen molar-refractivity contribution in [3.8, 4) is 0 Å². The molecule has 0 unspecified atom stereocenters. The van der Waals surface area contributed by atoms with Crippen LogP contribution in [0.2, 0.25) is 0 Å². The second-order valence-corrected chi connectivity index (χ2v) is 16.4. The predicted molar refractivity (Wildman–Crippen MR) is 250 cm³/mol. The zero-order valence-corrected chi connectivity index (χ0v) is 31.8. The highest BCUT2D eigenvalue weighted by atomic mass is 15.2. The molecule has 0 saturated carbocycles. The van der Waals surface area contributed by atoms with Gasteiger partial charge in [0.25, 0.3) is 6.71 Å². The van der Waals surface area contributed by atoms with Gasteiger partial charge in [0.05, 0.1) is 33.1 Å². The first-order valence-electron chi connectivity index (χ1n) is 20.6. The maximum absolute atomic E-state index is 2.57. The summed E-state index contributed by atoms with van der Waals surface area (Å²) in [6.45, 7) is -0.0376. The van der Waals surface area contributed by atoms with E-state index in [1.54, 1.807) is 0 Å². The van der Waals surface area contributed by atoms with Crippen LogP contribution >= 0.6 is 0 Å². The number of nitrogens with zero attached hydrogens (tertiary/aromatic N) is 4. The van der Waals surface area contributed by atoms with Gasteiger partial charge in [-0.15, -0.1) is 0 Å². The minimum Gasteiger partial charge on any atom is -0.311 e. The zero-order chi connectivity index (χ0) is 38.1. The van der Waals surface area contributed by atoms with E-state index in [1.165, 1.54) is 115 Å². The molecule has 5 heteroatoms. The molecule has 4 aromatic heterocycles. The summed E-state index contributed by atoms with van der Waals surface area (Å²) in [5.74, 6) is 0. The third-order valence-electron chi connectivity index (χ3n) is 13.7. The SMILES string of the molecule is c1ccc(N2c3cc4c(cc3B3c5c2cccc5N(c2ccccc2)c2cc5c6ccccc6n6c7ccccc7c(c23)c56)c2cccc3c5ccccc5n4c32)cc1. The van der Waals surface area contributed by atoms with Gasteiger partial charge in [0.1, 0.15) is 0 Å². The first-order valence-corrected chi connectivity index (χ1v) is 20.6. The largest absolute Gasteiger partial charge is 0.311 e. The van der Waals surface area contributed by atoms with Crippen LogP contribution in [0, 0.1) is 0 Å². The van der Waals surface area contributed by atoms with Crippen LogP contribution in [0.25, 0.3) is 76.2 Å². The number of hydrogen-bond acceptors (Lipinski definition) is 2. The molecular weight excluding hydrogens is 715 g/mol. The fourth-order valence-electron chi connectivity index (χ4n) is 11.6. The standard InChI is InChI=1S/C54H31BN4/c1-3-15-32(16-4-1)56-45-27-14-28-46-51(45)55(41-29-39-37-23-13-22-36-34-19-7-10-24-42(34)59(53(36)37)47(39)31-48(41)56)52-49(57(46)33-17-5-2-6-18-33)30-40-35-20-8-11-25-43(35)58-44-26-12-9-21-38(44)50(52)54(40)58/h1-31H. The molecule has 4 nitrogen and oxygen atoms in total. The van der Waals surface area contributed by atoms with Crippen molar-refractivity contribution in [2.75, 3.05) is 9.80 Å². The van der Waals surface area contributed by atoms with Crippen molar-refractivity contribution in [1.29, 1.82) is 0 Å². The fraction of sp³-hybridized carbons (Fsp3) is 0. The predicted octanol–water partition coefficient (Wildman–Crippen LogP) is 12.1. The number of fused-ring (bicyclic) bond motifs is 17. The van der Waals surface area contributed by atoms with Gasteiger partial charge in [-0.1, -0.05) is 121 Å². The van der Waals surface area contributed by atoms with E-state index in [9.17, 15) is 0 Å². The summed E-state index contributed by atoms with van der Waals surface area (Å²) in [6.07, 6.45) is 0. The molecular formula is C54H31BN4. The number of benzene rings is 9. The van der Waals surface area contributed by atoms with Gasteiger partial charge in [-0.2, -0.15) is 0 Å². The van der Waals surface area contributed by atoms with E-state index in [-0.39, 0.29) is 6.71 Å². The normalized spacial score (nSPS) is 13.7. The second kappa shape index (κ2) is 10.6. The van der Waals surface area contributed by atoms with Crippen LogP contribution in [0.1, 0.15) is 0 Å². The van der Waals surface area contributed by atoms with E-state index in [2.05, 4.69) is 207 Å². The molecule has 15 rings (SSSR count). The van der Waals surface area contributed by atoms with Crippen molar-refractivity contribution >= 4 is 133 Å². The van der Waals surface area contributed by atoms with Crippen molar-refractivity contribution in [1.82, 2.24) is 8.80 Å². The fourth-order valence-corrected chi connectivity index (χ4v) is 11.6. The Hall–Kier alpha value is -7.76. The van der Waals surface area contributed by atoms with E-state index in [0.29, 0.717) is 0 Å². The molecule has 0 bridgehead atoms. The summed E-state index contributed by atoms with van der Waals surface area (Å²) < 4.78 is 5.06. The summed E-state index contributed by atoms with van der Waals surface area (Å²) in [5, 5.41) is 10.4. The van der Waals surface area contributed by atoms with Crippen LogP contribution < -0.4 is 26.2 Å². The summed E-state index contributed by atoms with van der Waals surface area (Å²) >= 11 is 0. The molecule has 0 N–H and O–H groups in total.